The summed E-state index contributed by atoms with van der Waals surface area (Å²) in [5.41, 5.74) is 0.0576. The highest BCUT2D eigenvalue weighted by Gasteiger charge is 2.41. The molecule has 2 aromatic carbocycles. The van der Waals surface area contributed by atoms with Crippen molar-refractivity contribution in [3.05, 3.63) is 71.0 Å². The van der Waals surface area contributed by atoms with Crippen LogP contribution in [0.1, 0.15) is 54.5 Å². The second-order valence-electron chi connectivity index (χ2n) is 8.96. The minimum absolute atomic E-state index is 0.0715. The molecule has 2 aliphatic rings. The first-order chi connectivity index (χ1) is 15.0. The third-order valence-corrected chi connectivity index (χ3v) is 10.9. The van der Waals surface area contributed by atoms with Crippen molar-refractivity contribution in [2.24, 2.45) is 0 Å². The van der Waals surface area contributed by atoms with Crippen molar-refractivity contribution in [3.8, 4) is 0 Å². The Kier molecular flexibility index (Phi) is 6.43. The van der Waals surface area contributed by atoms with Gasteiger partial charge in [-0.15, -0.1) is 0 Å². The molecule has 32 heavy (non-hydrogen) atoms. The van der Waals surface area contributed by atoms with Crippen molar-refractivity contribution >= 4 is 20.6 Å². The largest absolute Gasteiger partial charge is 0.385 e. The number of nitrogens with zero attached hydrogens (tertiary/aromatic N) is 1. The lowest BCUT2D eigenvalue weighted by molar-refractivity contribution is 0.0243. The Bertz CT molecular complexity index is 1070. The smallest absolute Gasteiger partial charge is 0.221 e. The van der Waals surface area contributed by atoms with E-state index < -0.39 is 37.3 Å². The Labute approximate surface area is 190 Å². The van der Waals surface area contributed by atoms with Crippen molar-refractivity contribution < 1.29 is 27.0 Å². The van der Waals surface area contributed by atoms with Crippen LogP contribution in [0.25, 0.3) is 0 Å². The highest BCUT2D eigenvalue weighted by molar-refractivity contribution is 8.24. The fourth-order valence-electron chi connectivity index (χ4n) is 4.67. The molecule has 0 unspecified atom stereocenters. The van der Waals surface area contributed by atoms with E-state index in [1.54, 1.807) is 6.07 Å². The van der Waals surface area contributed by atoms with Gasteiger partial charge in [-0.05, 0) is 49.8 Å². The normalized spacial score (nSPS) is 28.2. The fourth-order valence-corrected chi connectivity index (χ4v) is 8.39. The van der Waals surface area contributed by atoms with E-state index in [2.05, 4.69) is 0 Å². The van der Waals surface area contributed by atoms with E-state index in [1.165, 1.54) is 16.4 Å². The van der Waals surface area contributed by atoms with Crippen LogP contribution in [-0.2, 0) is 22.2 Å². The van der Waals surface area contributed by atoms with Gasteiger partial charge in [-0.3, -0.25) is 9.11 Å². The standard InChI is InChI=1S/C23H30FNO5S2/c1-17-7-10-22(18-5-3-2-4-6-18)32(29,30)25(17)16-19-8-9-20(15-21(19)24)23(26)11-13-31(27,28)14-12-23/h2-6,8-9,15,17,22,26-28H,7,10-14,16H2,1H3/t17-,22+/m0/s1. The number of rotatable bonds is 4. The highest BCUT2D eigenvalue weighted by atomic mass is 32.3. The Hall–Kier alpha value is -1.49. The van der Waals surface area contributed by atoms with E-state index in [0.717, 1.165) is 5.56 Å². The van der Waals surface area contributed by atoms with Crippen LogP contribution >= 0.6 is 10.6 Å². The maximum Gasteiger partial charge on any atom is 0.221 e. The van der Waals surface area contributed by atoms with Crippen molar-refractivity contribution in [1.29, 1.82) is 0 Å². The monoisotopic (exact) mass is 483 g/mol. The molecule has 0 saturated carbocycles. The summed E-state index contributed by atoms with van der Waals surface area (Å²) in [6, 6.07) is 13.3. The summed E-state index contributed by atoms with van der Waals surface area (Å²) in [7, 11) is -6.35. The minimum atomic E-state index is -3.67. The Morgan fingerprint density at radius 1 is 1.06 bits per heavy atom. The molecule has 0 aromatic heterocycles. The van der Waals surface area contributed by atoms with Crippen LogP contribution in [0.5, 0.6) is 0 Å². The summed E-state index contributed by atoms with van der Waals surface area (Å²) in [5, 5.41) is 10.3. The van der Waals surface area contributed by atoms with Gasteiger partial charge >= 0.3 is 0 Å². The van der Waals surface area contributed by atoms with Gasteiger partial charge in [0, 0.05) is 29.7 Å². The second kappa shape index (κ2) is 8.70. The van der Waals surface area contributed by atoms with E-state index >= 15 is 4.39 Å². The maximum atomic E-state index is 15.1. The van der Waals surface area contributed by atoms with Crippen LogP contribution in [0.15, 0.2) is 48.5 Å². The lowest BCUT2D eigenvalue weighted by Crippen LogP contribution is -2.44. The predicted octanol–water partition coefficient (Wildman–Crippen LogP) is 4.61. The predicted molar refractivity (Wildman–Crippen MR) is 124 cm³/mol. The molecule has 0 aliphatic carbocycles. The van der Waals surface area contributed by atoms with Gasteiger partial charge in [0.1, 0.15) is 11.1 Å². The molecule has 4 rings (SSSR count). The number of benzene rings is 2. The van der Waals surface area contributed by atoms with Crippen LogP contribution in [0.2, 0.25) is 0 Å². The van der Waals surface area contributed by atoms with Crippen molar-refractivity contribution in [1.82, 2.24) is 4.31 Å². The first-order valence-corrected chi connectivity index (χ1v) is 14.2. The molecule has 6 nitrogen and oxygen atoms in total. The minimum Gasteiger partial charge on any atom is -0.385 e. The van der Waals surface area contributed by atoms with Crippen molar-refractivity contribution in [2.75, 3.05) is 11.5 Å². The zero-order valence-corrected chi connectivity index (χ0v) is 19.7. The number of sulfonamides is 1. The van der Waals surface area contributed by atoms with Gasteiger partial charge < -0.3 is 5.11 Å². The highest BCUT2D eigenvalue weighted by Crippen LogP contribution is 2.50. The molecule has 176 valence electrons. The Balaban J connectivity index is 1.57. The quantitative estimate of drug-likeness (QED) is 0.590. The molecule has 2 aliphatic heterocycles. The average Bonchev–Trinajstić information content (AvgIpc) is 2.75. The molecule has 0 bridgehead atoms. The lowest BCUT2D eigenvalue weighted by Gasteiger charge is -2.43. The summed E-state index contributed by atoms with van der Waals surface area (Å²) >= 11 is 0. The topological polar surface area (TPSA) is 98.1 Å². The first kappa shape index (κ1) is 23.7. The van der Waals surface area contributed by atoms with Gasteiger partial charge in [0.2, 0.25) is 10.0 Å². The van der Waals surface area contributed by atoms with Crippen molar-refractivity contribution in [2.45, 2.75) is 56.0 Å². The van der Waals surface area contributed by atoms with E-state index in [1.807, 2.05) is 37.3 Å². The third kappa shape index (κ3) is 4.60. The zero-order chi connectivity index (χ0) is 23.1. The number of halogens is 1. The van der Waals surface area contributed by atoms with Crippen LogP contribution in [0, 0.1) is 5.82 Å². The molecule has 0 radical (unpaired) electrons. The van der Waals surface area contributed by atoms with Gasteiger partial charge in [-0.2, -0.15) is 14.9 Å². The first-order valence-electron chi connectivity index (χ1n) is 10.8. The van der Waals surface area contributed by atoms with Gasteiger partial charge in [0.25, 0.3) is 0 Å². The van der Waals surface area contributed by atoms with Gasteiger partial charge in [0.05, 0.1) is 5.60 Å². The molecular formula is C23H30FNO5S2. The number of aliphatic hydroxyl groups is 1. The molecule has 2 atom stereocenters. The molecule has 2 aromatic rings. The van der Waals surface area contributed by atoms with Crippen LogP contribution in [-0.4, -0.2) is 44.5 Å². The van der Waals surface area contributed by atoms with E-state index in [4.69, 9.17) is 0 Å². The maximum absolute atomic E-state index is 15.1. The third-order valence-electron chi connectivity index (χ3n) is 6.80. The molecule has 2 saturated heterocycles. The van der Waals surface area contributed by atoms with Gasteiger partial charge in [-0.25, -0.2) is 12.8 Å². The summed E-state index contributed by atoms with van der Waals surface area (Å²) in [6.45, 7) is 1.77. The van der Waals surface area contributed by atoms with Crippen LogP contribution in [0.3, 0.4) is 0 Å². The molecule has 3 N–H and O–H groups in total. The molecule has 2 fully saturated rings. The Morgan fingerprint density at radius 3 is 2.34 bits per heavy atom. The second-order valence-corrected chi connectivity index (χ2v) is 13.5. The van der Waals surface area contributed by atoms with Crippen LogP contribution < -0.4 is 0 Å². The summed E-state index contributed by atoms with van der Waals surface area (Å²) in [4.78, 5) is 0. The molecule has 0 spiro atoms. The number of hydrogen-bond donors (Lipinski definition) is 3. The Morgan fingerprint density at radius 2 is 1.72 bits per heavy atom. The SMILES string of the molecule is C[C@H]1CC[C@H](c2ccccc2)S(=O)(=O)N1Cc1ccc(C2(O)CCS(O)(O)CC2)cc1F. The van der Waals surface area contributed by atoms with Crippen molar-refractivity contribution in [3.63, 3.8) is 0 Å². The van der Waals surface area contributed by atoms with E-state index in [9.17, 15) is 22.6 Å². The fraction of sp³-hybridized carbons (Fsp3) is 0.478. The average molecular weight is 484 g/mol. The molecule has 0 amide bonds. The van der Waals surface area contributed by atoms with Gasteiger partial charge in [-0.1, -0.05) is 42.5 Å². The number of hydrogen-bond acceptors (Lipinski definition) is 5. The van der Waals surface area contributed by atoms with Crippen LogP contribution in [0.4, 0.5) is 4.39 Å². The van der Waals surface area contributed by atoms with Gasteiger partial charge in [0.15, 0.2) is 0 Å². The lowest BCUT2D eigenvalue weighted by atomic mass is 9.87. The van der Waals surface area contributed by atoms with E-state index in [-0.39, 0.29) is 42.5 Å². The van der Waals surface area contributed by atoms with E-state index in [0.29, 0.717) is 18.4 Å². The molecule has 2 heterocycles. The zero-order valence-electron chi connectivity index (χ0n) is 18.0. The summed E-state index contributed by atoms with van der Waals surface area (Å²) < 4.78 is 62.8. The molecule has 9 heteroatoms. The summed E-state index contributed by atoms with van der Waals surface area (Å²) in [5.74, 6) is -0.411. The summed E-state index contributed by atoms with van der Waals surface area (Å²) in [6.07, 6.45) is 1.50. The molecular weight excluding hydrogens is 453 g/mol.